The van der Waals surface area contributed by atoms with Crippen molar-refractivity contribution in [1.82, 2.24) is 20.1 Å². The molecule has 1 aliphatic heterocycles. The van der Waals surface area contributed by atoms with Crippen molar-refractivity contribution in [2.45, 2.75) is 32.1 Å². The van der Waals surface area contributed by atoms with E-state index in [0.717, 1.165) is 42.4 Å². The lowest BCUT2D eigenvalue weighted by atomic mass is 9.96. The normalized spacial score (nSPS) is 16.0. The van der Waals surface area contributed by atoms with E-state index in [1.54, 1.807) is 6.92 Å². The summed E-state index contributed by atoms with van der Waals surface area (Å²) < 4.78 is 5.52. The predicted molar refractivity (Wildman–Crippen MR) is 89.6 cm³/mol. The molecule has 1 fully saturated rings. The SMILES string of the molecule is Cc1nnc(C2CCN(C(=O)Cc3c[nH]c4ccccc34)CC2)o1. The van der Waals surface area contributed by atoms with Crippen LogP contribution in [-0.2, 0) is 11.2 Å². The van der Waals surface area contributed by atoms with Crippen LogP contribution in [0.4, 0.5) is 0 Å². The van der Waals surface area contributed by atoms with Gasteiger partial charge in [-0.25, -0.2) is 0 Å². The standard InChI is InChI=1S/C18H20N4O2/c1-12-20-21-18(24-12)13-6-8-22(9-7-13)17(23)10-14-11-19-16-5-3-2-4-15(14)16/h2-5,11,13,19H,6-10H2,1H3. The van der Waals surface area contributed by atoms with Gasteiger partial charge in [-0.05, 0) is 24.5 Å². The molecular formula is C18H20N4O2. The number of piperidine rings is 1. The van der Waals surface area contributed by atoms with E-state index >= 15 is 0 Å². The second-order valence-electron chi connectivity index (χ2n) is 6.35. The summed E-state index contributed by atoms with van der Waals surface area (Å²) in [7, 11) is 0. The number of rotatable bonds is 3. The Balaban J connectivity index is 1.39. The Labute approximate surface area is 139 Å². The number of para-hydroxylation sites is 1. The van der Waals surface area contributed by atoms with Gasteiger partial charge in [-0.3, -0.25) is 4.79 Å². The molecule has 0 bridgehead atoms. The number of aromatic amines is 1. The molecule has 3 heterocycles. The molecule has 3 aromatic rings. The highest BCUT2D eigenvalue weighted by Crippen LogP contribution is 2.27. The molecule has 0 radical (unpaired) electrons. The van der Waals surface area contributed by atoms with E-state index in [2.05, 4.69) is 21.2 Å². The van der Waals surface area contributed by atoms with Gasteiger partial charge in [0.1, 0.15) is 0 Å². The molecule has 0 atom stereocenters. The van der Waals surface area contributed by atoms with Crippen LogP contribution in [0.15, 0.2) is 34.9 Å². The summed E-state index contributed by atoms with van der Waals surface area (Å²) in [4.78, 5) is 17.8. The van der Waals surface area contributed by atoms with Crippen molar-refractivity contribution in [2.75, 3.05) is 13.1 Å². The van der Waals surface area contributed by atoms with Gasteiger partial charge >= 0.3 is 0 Å². The smallest absolute Gasteiger partial charge is 0.227 e. The quantitative estimate of drug-likeness (QED) is 0.804. The topological polar surface area (TPSA) is 75.0 Å². The van der Waals surface area contributed by atoms with Crippen LogP contribution in [0.3, 0.4) is 0 Å². The second kappa shape index (κ2) is 6.11. The zero-order valence-electron chi connectivity index (χ0n) is 13.7. The first-order valence-corrected chi connectivity index (χ1v) is 8.33. The summed E-state index contributed by atoms with van der Waals surface area (Å²) in [6.07, 6.45) is 4.13. The second-order valence-corrected chi connectivity index (χ2v) is 6.35. The molecule has 0 spiro atoms. The molecule has 2 aromatic heterocycles. The van der Waals surface area contributed by atoms with Crippen molar-refractivity contribution < 1.29 is 9.21 Å². The first-order valence-electron chi connectivity index (χ1n) is 8.33. The number of nitrogens with zero attached hydrogens (tertiary/aromatic N) is 3. The van der Waals surface area contributed by atoms with E-state index < -0.39 is 0 Å². The zero-order valence-corrected chi connectivity index (χ0v) is 13.7. The van der Waals surface area contributed by atoms with Crippen molar-refractivity contribution in [1.29, 1.82) is 0 Å². The van der Waals surface area contributed by atoms with Gasteiger partial charge in [-0.2, -0.15) is 0 Å². The van der Waals surface area contributed by atoms with Gasteiger partial charge in [-0.1, -0.05) is 18.2 Å². The Morgan fingerprint density at radius 1 is 1.29 bits per heavy atom. The van der Waals surface area contributed by atoms with Crippen molar-refractivity contribution in [3.05, 3.63) is 47.8 Å². The van der Waals surface area contributed by atoms with Gasteiger partial charge < -0.3 is 14.3 Å². The summed E-state index contributed by atoms with van der Waals surface area (Å²) in [6, 6.07) is 8.08. The molecule has 0 saturated carbocycles. The van der Waals surface area contributed by atoms with E-state index in [1.165, 1.54) is 0 Å². The minimum Gasteiger partial charge on any atom is -0.425 e. The summed E-state index contributed by atoms with van der Waals surface area (Å²) in [6.45, 7) is 3.29. The summed E-state index contributed by atoms with van der Waals surface area (Å²) in [5, 5.41) is 9.13. The summed E-state index contributed by atoms with van der Waals surface area (Å²) >= 11 is 0. The molecule has 24 heavy (non-hydrogen) atoms. The predicted octanol–water partition coefficient (Wildman–Crippen LogP) is 2.81. The van der Waals surface area contributed by atoms with Crippen LogP contribution in [0.1, 0.15) is 36.1 Å². The number of aromatic nitrogens is 3. The number of H-pyrrole nitrogens is 1. The lowest BCUT2D eigenvalue weighted by Crippen LogP contribution is -2.38. The fraction of sp³-hybridized carbons (Fsp3) is 0.389. The molecule has 4 rings (SSSR count). The first-order chi connectivity index (χ1) is 11.7. The third-order valence-corrected chi connectivity index (χ3v) is 4.76. The fourth-order valence-corrected chi connectivity index (χ4v) is 3.41. The molecule has 1 aromatic carbocycles. The van der Waals surface area contributed by atoms with Gasteiger partial charge in [0.25, 0.3) is 0 Å². The van der Waals surface area contributed by atoms with Gasteiger partial charge in [0.2, 0.25) is 17.7 Å². The van der Waals surface area contributed by atoms with E-state index in [0.29, 0.717) is 18.2 Å². The van der Waals surface area contributed by atoms with Crippen LogP contribution in [0.25, 0.3) is 10.9 Å². The van der Waals surface area contributed by atoms with Crippen molar-refractivity contribution in [3.8, 4) is 0 Å². The van der Waals surface area contributed by atoms with Crippen molar-refractivity contribution in [2.24, 2.45) is 0 Å². The van der Waals surface area contributed by atoms with Crippen LogP contribution in [0.5, 0.6) is 0 Å². The van der Waals surface area contributed by atoms with Crippen LogP contribution < -0.4 is 0 Å². The largest absolute Gasteiger partial charge is 0.425 e. The average Bonchev–Trinajstić information content (AvgIpc) is 3.22. The number of carbonyl (C=O) groups excluding carboxylic acids is 1. The molecule has 6 heteroatoms. The van der Waals surface area contributed by atoms with E-state index in [4.69, 9.17) is 4.42 Å². The molecule has 6 nitrogen and oxygen atoms in total. The van der Waals surface area contributed by atoms with Gasteiger partial charge in [0.15, 0.2) is 0 Å². The highest BCUT2D eigenvalue weighted by atomic mass is 16.4. The fourth-order valence-electron chi connectivity index (χ4n) is 3.41. The molecule has 1 aliphatic rings. The van der Waals surface area contributed by atoms with Gasteiger partial charge in [-0.15, -0.1) is 10.2 Å². The maximum absolute atomic E-state index is 12.6. The third-order valence-electron chi connectivity index (χ3n) is 4.76. The monoisotopic (exact) mass is 324 g/mol. The average molecular weight is 324 g/mol. The Bertz CT molecular complexity index is 859. The lowest BCUT2D eigenvalue weighted by Gasteiger charge is -2.30. The molecule has 1 N–H and O–H groups in total. The van der Waals surface area contributed by atoms with E-state index in [9.17, 15) is 4.79 Å². The Morgan fingerprint density at radius 2 is 2.08 bits per heavy atom. The maximum atomic E-state index is 12.6. The van der Waals surface area contributed by atoms with Crippen LogP contribution in [0, 0.1) is 6.92 Å². The molecule has 1 saturated heterocycles. The minimum atomic E-state index is 0.180. The van der Waals surface area contributed by atoms with E-state index in [-0.39, 0.29) is 11.8 Å². The van der Waals surface area contributed by atoms with Crippen LogP contribution in [0.2, 0.25) is 0 Å². The zero-order chi connectivity index (χ0) is 16.5. The first kappa shape index (κ1) is 14.9. The number of hydrogen-bond donors (Lipinski definition) is 1. The van der Waals surface area contributed by atoms with E-state index in [1.807, 2.05) is 29.3 Å². The number of aryl methyl sites for hydroxylation is 1. The van der Waals surface area contributed by atoms with Crippen LogP contribution >= 0.6 is 0 Å². The molecule has 124 valence electrons. The molecule has 0 aliphatic carbocycles. The van der Waals surface area contributed by atoms with Crippen molar-refractivity contribution >= 4 is 16.8 Å². The molecular weight excluding hydrogens is 304 g/mol. The molecule has 0 unspecified atom stereocenters. The third kappa shape index (κ3) is 2.79. The number of amides is 1. The Morgan fingerprint density at radius 3 is 2.83 bits per heavy atom. The van der Waals surface area contributed by atoms with Gasteiger partial charge in [0.05, 0.1) is 6.42 Å². The number of likely N-dealkylation sites (tertiary alicyclic amines) is 1. The Kier molecular flexibility index (Phi) is 3.80. The van der Waals surface area contributed by atoms with Crippen LogP contribution in [-0.4, -0.2) is 39.1 Å². The minimum absolute atomic E-state index is 0.180. The highest BCUT2D eigenvalue weighted by molar-refractivity contribution is 5.88. The van der Waals surface area contributed by atoms with Gasteiger partial charge in [0, 0.05) is 43.0 Å². The number of benzene rings is 1. The maximum Gasteiger partial charge on any atom is 0.227 e. The molecule has 1 amide bonds. The highest BCUT2D eigenvalue weighted by Gasteiger charge is 2.27. The number of nitrogens with one attached hydrogen (secondary N) is 1. The number of fused-ring (bicyclic) bond motifs is 1. The number of carbonyl (C=O) groups is 1. The lowest BCUT2D eigenvalue weighted by molar-refractivity contribution is -0.131. The Hall–Kier alpha value is -2.63. The summed E-state index contributed by atoms with van der Waals surface area (Å²) in [5.41, 5.74) is 2.14. The summed E-state index contributed by atoms with van der Waals surface area (Å²) in [5.74, 6) is 1.75. The van der Waals surface area contributed by atoms with Crippen molar-refractivity contribution in [3.63, 3.8) is 0 Å². The number of hydrogen-bond acceptors (Lipinski definition) is 4.